The van der Waals surface area contributed by atoms with E-state index in [0.717, 1.165) is 5.01 Å². The Morgan fingerprint density at radius 3 is 2.50 bits per heavy atom. The van der Waals surface area contributed by atoms with Gasteiger partial charge in [-0.2, -0.15) is 13.2 Å². The highest BCUT2D eigenvalue weighted by Crippen LogP contribution is 2.41. The van der Waals surface area contributed by atoms with Crippen LogP contribution in [-0.2, 0) is 4.79 Å². The first-order valence-corrected chi connectivity index (χ1v) is 7.88. The van der Waals surface area contributed by atoms with E-state index in [0.29, 0.717) is 12.4 Å². The number of halogens is 3. The fourth-order valence-corrected chi connectivity index (χ4v) is 2.56. The van der Waals surface area contributed by atoms with Gasteiger partial charge in [0.25, 0.3) is 0 Å². The van der Waals surface area contributed by atoms with Crippen LogP contribution in [0.5, 0.6) is 5.75 Å². The van der Waals surface area contributed by atoms with E-state index in [1.54, 1.807) is 19.9 Å². The molecule has 0 aromatic heterocycles. The van der Waals surface area contributed by atoms with Gasteiger partial charge >= 0.3 is 6.18 Å². The summed E-state index contributed by atoms with van der Waals surface area (Å²) >= 11 is 0. The van der Waals surface area contributed by atoms with Crippen molar-refractivity contribution in [2.45, 2.75) is 39.9 Å². The maximum atomic E-state index is 13.6. The highest BCUT2D eigenvalue weighted by molar-refractivity contribution is 5.83. The molecule has 1 aliphatic heterocycles. The van der Waals surface area contributed by atoms with Crippen LogP contribution in [0.3, 0.4) is 0 Å². The third-order valence-electron chi connectivity index (χ3n) is 3.80. The predicted molar refractivity (Wildman–Crippen MR) is 84.2 cm³/mol. The number of hydrogen-bond donors (Lipinski definition) is 1. The van der Waals surface area contributed by atoms with Crippen molar-refractivity contribution in [3.63, 3.8) is 0 Å². The quantitative estimate of drug-likeness (QED) is 0.886. The van der Waals surface area contributed by atoms with Crippen LogP contribution in [0.4, 0.5) is 13.2 Å². The molecule has 0 saturated carbocycles. The molecule has 0 unspecified atom stereocenters. The molecule has 2 rings (SSSR count). The van der Waals surface area contributed by atoms with E-state index < -0.39 is 23.5 Å². The molecule has 1 fully saturated rings. The summed E-state index contributed by atoms with van der Waals surface area (Å²) in [5.41, 5.74) is 1.53. The van der Waals surface area contributed by atoms with Crippen LogP contribution < -0.4 is 10.2 Å². The van der Waals surface area contributed by atoms with Gasteiger partial charge < -0.3 is 4.74 Å². The summed E-state index contributed by atoms with van der Waals surface area (Å²) in [6, 6.07) is 4.04. The zero-order valence-electron chi connectivity index (χ0n) is 14.3. The Bertz CT molecular complexity index is 600. The summed E-state index contributed by atoms with van der Waals surface area (Å²) in [5, 5.41) is 0.962. The lowest BCUT2D eigenvalue weighted by molar-refractivity contribution is -0.191. The second kappa shape index (κ2) is 6.63. The van der Waals surface area contributed by atoms with E-state index in [4.69, 9.17) is 4.74 Å². The minimum Gasteiger partial charge on any atom is -0.493 e. The van der Waals surface area contributed by atoms with E-state index in [2.05, 4.69) is 5.43 Å². The van der Waals surface area contributed by atoms with Crippen molar-refractivity contribution < 1.29 is 22.7 Å². The van der Waals surface area contributed by atoms with E-state index in [-0.39, 0.29) is 18.0 Å². The van der Waals surface area contributed by atoms with Crippen molar-refractivity contribution in [2.24, 2.45) is 11.3 Å². The van der Waals surface area contributed by atoms with Crippen LogP contribution in [0, 0.1) is 11.3 Å². The maximum absolute atomic E-state index is 13.6. The lowest BCUT2D eigenvalue weighted by Crippen LogP contribution is -2.43. The first-order chi connectivity index (χ1) is 11.0. The zero-order chi connectivity index (χ0) is 18.1. The molecule has 134 valence electrons. The molecule has 0 radical (unpaired) electrons. The first-order valence-electron chi connectivity index (χ1n) is 7.88. The van der Waals surface area contributed by atoms with Gasteiger partial charge in [0.2, 0.25) is 5.91 Å². The highest BCUT2D eigenvalue weighted by Gasteiger charge is 2.51. The molecule has 1 aliphatic rings. The van der Waals surface area contributed by atoms with Gasteiger partial charge in [-0.15, -0.1) is 0 Å². The number of ether oxygens (including phenoxy) is 1. The summed E-state index contributed by atoms with van der Waals surface area (Å²) in [7, 11) is 0. The van der Waals surface area contributed by atoms with Crippen LogP contribution in [0.15, 0.2) is 24.3 Å². The molecule has 1 atom stereocenters. The van der Waals surface area contributed by atoms with Crippen molar-refractivity contribution >= 4 is 5.91 Å². The lowest BCUT2D eigenvalue weighted by atomic mass is 9.93. The number of rotatable bonds is 5. The molecule has 0 bridgehead atoms. The lowest BCUT2D eigenvalue weighted by Gasteiger charge is -2.30. The van der Waals surface area contributed by atoms with Gasteiger partial charge in [-0.1, -0.05) is 26.0 Å². The summed E-state index contributed by atoms with van der Waals surface area (Å²) in [6.45, 7) is 7.57. The van der Waals surface area contributed by atoms with E-state index >= 15 is 0 Å². The number of amides is 1. The summed E-state index contributed by atoms with van der Waals surface area (Å²) < 4.78 is 46.5. The Morgan fingerprint density at radius 1 is 1.33 bits per heavy atom. The molecular formula is C17H23F3N2O2. The number of alkyl halides is 3. The average molecular weight is 344 g/mol. The summed E-state index contributed by atoms with van der Waals surface area (Å²) in [4.78, 5) is 11.9. The SMILES string of the molecule is CC(C)COc1cccc([C@H](N2CC(C)(C)C(=O)N2)C(F)(F)F)c1. The highest BCUT2D eigenvalue weighted by atomic mass is 19.4. The number of nitrogens with zero attached hydrogens (tertiary/aromatic N) is 1. The van der Waals surface area contributed by atoms with E-state index in [1.165, 1.54) is 18.2 Å². The topological polar surface area (TPSA) is 41.6 Å². The number of nitrogens with one attached hydrogen (secondary N) is 1. The van der Waals surface area contributed by atoms with Crippen molar-refractivity contribution in [2.75, 3.05) is 13.2 Å². The summed E-state index contributed by atoms with van der Waals surface area (Å²) in [5.74, 6) is 0.245. The van der Waals surface area contributed by atoms with E-state index in [1.807, 2.05) is 13.8 Å². The fourth-order valence-electron chi connectivity index (χ4n) is 2.56. The molecule has 0 aliphatic carbocycles. The fraction of sp³-hybridized carbons (Fsp3) is 0.588. The Morgan fingerprint density at radius 2 is 2.00 bits per heavy atom. The van der Waals surface area contributed by atoms with Crippen LogP contribution in [0.1, 0.15) is 39.3 Å². The molecule has 1 aromatic rings. The average Bonchev–Trinajstić information content (AvgIpc) is 2.69. The van der Waals surface area contributed by atoms with Gasteiger partial charge in [0.15, 0.2) is 0 Å². The molecule has 1 amide bonds. The number of carbonyl (C=O) groups excluding carboxylic acids is 1. The minimum absolute atomic E-state index is 0.0207. The van der Waals surface area contributed by atoms with Gasteiger partial charge in [0.05, 0.1) is 12.0 Å². The van der Waals surface area contributed by atoms with Crippen LogP contribution in [0.25, 0.3) is 0 Å². The van der Waals surface area contributed by atoms with Crippen molar-refractivity contribution in [1.29, 1.82) is 0 Å². The van der Waals surface area contributed by atoms with Crippen molar-refractivity contribution in [3.8, 4) is 5.75 Å². The third-order valence-corrected chi connectivity index (χ3v) is 3.80. The number of hydrogen-bond acceptors (Lipinski definition) is 3. The van der Waals surface area contributed by atoms with Gasteiger partial charge in [-0.05, 0) is 37.5 Å². The molecule has 24 heavy (non-hydrogen) atoms. The second-order valence-corrected chi connectivity index (χ2v) is 7.17. The van der Waals surface area contributed by atoms with Crippen LogP contribution >= 0.6 is 0 Å². The standard InChI is InChI=1S/C17H23F3N2O2/c1-11(2)9-24-13-7-5-6-12(8-13)14(17(18,19)20)22-10-16(3,4)15(23)21-22/h5-8,11,14H,9-10H2,1-4H3,(H,21,23)/t14-/m0/s1. The molecule has 0 spiro atoms. The summed E-state index contributed by atoms with van der Waals surface area (Å²) in [6.07, 6.45) is -4.52. The van der Waals surface area contributed by atoms with Gasteiger partial charge in [-0.25, -0.2) is 5.01 Å². The third kappa shape index (κ3) is 4.20. The number of benzene rings is 1. The monoisotopic (exact) mass is 344 g/mol. The molecule has 4 nitrogen and oxygen atoms in total. The largest absolute Gasteiger partial charge is 0.493 e. The smallest absolute Gasteiger partial charge is 0.409 e. The van der Waals surface area contributed by atoms with Crippen molar-refractivity contribution in [1.82, 2.24) is 10.4 Å². The Labute approximate surface area is 139 Å². The Hall–Kier alpha value is -1.76. The van der Waals surface area contributed by atoms with Crippen LogP contribution in [0.2, 0.25) is 0 Å². The molecule has 7 heteroatoms. The Balaban J connectivity index is 2.30. The maximum Gasteiger partial charge on any atom is 0.409 e. The van der Waals surface area contributed by atoms with Gasteiger partial charge in [0.1, 0.15) is 11.8 Å². The number of carbonyl (C=O) groups is 1. The zero-order valence-corrected chi connectivity index (χ0v) is 14.3. The van der Waals surface area contributed by atoms with Crippen molar-refractivity contribution in [3.05, 3.63) is 29.8 Å². The Kier molecular flexibility index (Phi) is 5.13. The van der Waals surface area contributed by atoms with Gasteiger partial charge in [0, 0.05) is 6.54 Å². The molecular weight excluding hydrogens is 321 g/mol. The first kappa shape index (κ1) is 18.6. The minimum atomic E-state index is -4.52. The number of hydrazine groups is 1. The molecule has 1 heterocycles. The van der Waals surface area contributed by atoms with Gasteiger partial charge in [-0.3, -0.25) is 10.2 Å². The molecule has 1 aromatic carbocycles. The van der Waals surface area contributed by atoms with Crippen LogP contribution in [-0.4, -0.2) is 30.2 Å². The van der Waals surface area contributed by atoms with E-state index in [9.17, 15) is 18.0 Å². The second-order valence-electron chi connectivity index (χ2n) is 7.17. The normalized spacial score (nSPS) is 19.4. The molecule has 1 saturated heterocycles. The predicted octanol–water partition coefficient (Wildman–Crippen LogP) is 3.70. The molecule has 1 N–H and O–H groups in total.